The van der Waals surface area contributed by atoms with Gasteiger partial charge in [-0.05, 0) is 58.9 Å². The molecule has 5 heterocycles. The van der Waals surface area contributed by atoms with Crippen LogP contribution in [0.4, 0.5) is 10.9 Å². The normalized spacial score (nSPS) is 14.7. The van der Waals surface area contributed by atoms with Crippen LogP contribution in [0.1, 0.15) is 48.8 Å². The second-order valence-electron chi connectivity index (χ2n) is 20.2. The molecule has 1 unspecified atom stereocenters. The van der Waals surface area contributed by atoms with Crippen LogP contribution in [0.5, 0.6) is 0 Å². The fourth-order valence-corrected chi connectivity index (χ4v) is 10.6. The van der Waals surface area contributed by atoms with E-state index in [2.05, 4.69) is 41.5 Å². The molecule has 1 saturated heterocycles. The number of nitrogens with zero attached hydrogens (tertiary/aromatic N) is 6. The second kappa shape index (κ2) is 28.3. The number of nitrogens with one attached hydrogen (secondary N) is 5. The number of benzene rings is 2. The maximum atomic E-state index is 14.0. The lowest BCUT2D eigenvalue weighted by Gasteiger charge is -2.35. The van der Waals surface area contributed by atoms with E-state index >= 15 is 0 Å². The van der Waals surface area contributed by atoms with E-state index in [-0.39, 0.29) is 90.3 Å². The van der Waals surface area contributed by atoms with Gasteiger partial charge in [-0.1, -0.05) is 63.2 Å². The quantitative estimate of drug-likeness (QED) is 0.0401. The van der Waals surface area contributed by atoms with Crippen molar-refractivity contribution in [1.82, 2.24) is 45.1 Å². The number of aliphatic hydroxyl groups is 1. The van der Waals surface area contributed by atoms with Crippen LogP contribution in [0.2, 0.25) is 0 Å². The van der Waals surface area contributed by atoms with Crippen molar-refractivity contribution >= 4 is 79.1 Å². The number of aryl methyl sites for hydroxylation is 1. The van der Waals surface area contributed by atoms with Gasteiger partial charge in [0, 0.05) is 62.6 Å². The first kappa shape index (κ1) is 61.2. The minimum atomic E-state index is -3.55. The number of hydrogen-bond donors (Lipinski definition) is 6. The average molecular weight is 1170 g/mol. The average Bonchev–Trinajstić information content (AvgIpc) is 4.29. The minimum Gasteiger partial charge on any atom is -0.391 e. The highest BCUT2D eigenvalue weighted by molar-refractivity contribution is 7.89. The molecule has 0 radical (unpaired) electrons. The fraction of sp³-hybridized carbons (Fsp3) is 0.400. The molecule has 1 aliphatic heterocycles. The molecule has 2 aromatic carbocycles. The molecule has 0 bridgehead atoms. The molecule has 23 nitrogen and oxygen atoms in total. The molecule has 432 valence electrons. The van der Waals surface area contributed by atoms with Gasteiger partial charge in [-0.15, -0.1) is 22.7 Å². The van der Waals surface area contributed by atoms with Crippen LogP contribution in [0.3, 0.4) is 0 Å². The smallest absolute Gasteiger partial charge is 0.253 e. The highest BCUT2D eigenvalue weighted by Gasteiger charge is 2.44. The summed E-state index contributed by atoms with van der Waals surface area (Å²) in [6.07, 6.45) is 4.26. The highest BCUT2D eigenvalue weighted by Crippen LogP contribution is 2.31. The van der Waals surface area contributed by atoms with E-state index in [4.69, 9.17) is 14.2 Å². The summed E-state index contributed by atoms with van der Waals surface area (Å²) in [7, 11) is -1.79. The van der Waals surface area contributed by atoms with Gasteiger partial charge in [0.2, 0.25) is 39.6 Å². The van der Waals surface area contributed by atoms with Crippen molar-refractivity contribution in [3.05, 3.63) is 113 Å². The lowest BCUT2D eigenvalue weighted by atomic mass is 9.85. The topological polar surface area (TPSA) is 295 Å². The predicted octanol–water partition coefficient (Wildman–Crippen LogP) is 3.69. The number of amides is 6. The zero-order valence-electron chi connectivity index (χ0n) is 45.8. The van der Waals surface area contributed by atoms with E-state index in [0.717, 1.165) is 48.6 Å². The number of likely N-dealkylation sites (N-methyl/N-ethyl adjacent to an activating group) is 1. The van der Waals surface area contributed by atoms with Crippen LogP contribution in [0.15, 0.2) is 96.2 Å². The SMILES string of the molecule is Cc1ncsc1-c1ccc(CNC(=O)[C@@H]2CC(O)CN2C(=O)[C@@H](NC(=O)COCCOCCOCCNC(=O)CN(C)c2cc(-c3cccc(-c4csc(NC(=O)CNC(=O)c5ccn(S(C)(=O)=O)c5)n4)c3)ccn2)C(C)(C)C)cc1. The molecule has 1 aliphatic rings. The number of ether oxygens (including phenoxy) is 3. The number of carbonyl (C=O) groups excluding carboxylic acids is 6. The van der Waals surface area contributed by atoms with Gasteiger partial charge in [0.05, 0.1) is 85.8 Å². The standard InChI is InChI=1S/C55H67N11O12S3/c1-35-49(80-34-60-35)37-12-10-36(11-13-37)27-58-52(72)44-26-42(67)30-66(44)53(73)50(55(2,3)4)62-48(70)32-78-23-22-77-21-20-76-19-17-57-47(69)31-64(5)45-25-39(14-16-56-45)38-8-7-9-40(24-38)43-33-79-54(61-43)63-46(68)28-59-51(71)41-15-18-65(29-41)81(6,74)75/h7-16,18,24-25,29,33-34,42,44,50,67H,17,19-23,26-28,30-32H2,1-6H3,(H,57,69)(H,58,72)(H,59,71)(H,62,70)(H,61,63,68)/t42?,44-,50+/m0/s1. The van der Waals surface area contributed by atoms with Crippen LogP contribution in [-0.2, 0) is 54.8 Å². The van der Waals surface area contributed by atoms with Crippen molar-refractivity contribution in [2.75, 3.05) is 89.3 Å². The molecule has 7 rings (SSSR count). The molecule has 6 amide bonds. The Morgan fingerprint density at radius 3 is 2.26 bits per heavy atom. The Bertz CT molecular complexity index is 3270. The highest BCUT2D eigenvalue weighted by atomic mass is 32.2. The van der Waals surface area contributed by atoms with E-state index < -0.39 is 63.2 Å². The van der Waals surface area contributed by atoms with Crippen LogP contribution in [0, 0.1) is 12.3 Å². The molecule has 0 aliphatic carbocycles. The number of aliphatic hydroxyl groups excluding tert-OH is 1. The van der Waals surface area contributed by atoms with Gasteiger partial charge >= 0.3 is 0 Å². The number of carbonyl (C=O) groups is 6. The lowest BCUT2D eigenvalue weighted by molar-refractivity contribution is -0.144. The van der Waals surface area contributed by atoms with E-state index in [1.54, 1.807) is 40.4 Å². The number of aromatic nitrogens is 4. The number of β-amino-alcohol motifs (C(OH)–C–C–N with tert-alkyl or cyclic N) is 1. The lowest BCUT2D eigenvalue weighted by Crippen LogP contribution is -2.58. The summed E-state index contributed by atoms with van der Waals surface area (Å²) in [5.41, 5.74) is 7.15. The van der Waals surface area contributed by atoms with Crippen molar-refractivity contribution < 1.29 is 56.5 Å². The molecule has 3 atom stereocenters. The van der Waals surface area contributed by atoms with Crippen molar-refractivity contribution in [3.8, 4) is 32.8 Å². The van der Waals surface area contributed by atoms with Crippen LogP contribution < -0.4 is 31.5 Å². The molecular formula is C55H67N11O12S3. The van der Waals surface area contributed by atoms with Crippen LogP contribution >= 0.6 is 22.7 Å². The predicted molar refractivity (Wildman–Crippen MR) is 307 cm³/mol. The Hall–Kier alpha value is -7.46. The Morgan fingerprint density at radius 2 is 1.56 bits per heavy atom. The van der Waals surface area contributed by atoms with Gasteiger partial charge in [-0.25, -0.2) is 23.4 Å². The molecule has 0 spiro atoms. The van der Waals surface area contributed by atoms with Crippen LogP contribution in [0.25, 0.3) is 32.8 Å². The van der Waals surface area contributed by atoms with E-state index in [1.165, 1.54) is 34.7 Å². The molecule has 26 heteroatoms. The first-order valence-corrected chi connectivity index (χ1v) is 29.5. The largest absolute Gasteiger partial charge is 0.391 e. The van der Waals surface area contributed by atoms with Gasteiger partial charge in [0.1, 0.15) is 24.5 Å². The maximum absolute atomic E-state index is 14.0. The zero-order chi connectivity index (χ0) is 58.3. The summed E-state index contributed by atoms with van der Waals surface area (Å²) in [5.74, 6) is -2.16. The zero-order valence-corrected chi connectivity index (χ0v) is 48.3. The molecule has 0 saturated carbocycles. The first-order valence-electron chi connectivity index (χ1n) is 25.9. The van der Waals surface area contributed by atoms with Crippen molar-refractivity contribution in [1.29, 1.82) is 0 Å². The summed E-state index contributed by atoms with van der Waals surface area (Å²) in [6.45, 7) is 8.21. The van der Waals surface area contributed by atoms with Gasteiger partial charge in [-0.3, -0.25) is 32.7 Å². The van der Waals surface area contributed by atoms with E-state index in [1.807, 2.05) is 88.4 Å². The maximum Gasteiger partial charge on any atom is 0.253 e. The fourth-order valence-electron chi connectivity index (χ4n) is 8.47. The summed E-state index contributed by atoms with van der Waals surface area (Å²) in [6, 6.07) is 18.6. The Balaban J connectivity index is 0.748. The number of rotatable bonds is 27. The van der Waals surface area contributed by atoms with Gasteiger partial charge < -0.3 is 55.7 Å². The van der Waals surface area contributed by atoms with Gasteiger partial charge in [0.15, 0.2) is 5.13 Å². The molecule has 4 aromatic heterocycles. The molecule has 81 heavy (non-hydrogen) atoms. The second-order valence-corrected chi connectivity index (χ2v) is 23.8. The molecule has 1 fully saturated rings. The number of hydrogen-bond acceptors (Lipinski definition) is 18. The first-order chi connectivity index (χ1) is 38.6. The van der Waals surface area contributed by atoms with Crippen molar-refractivity contribution in [3.63, 3.8) is 0 Å². The molecular weight excluding hydrogens is 1100 g/mol. The Labute approximate surface area is 477 Å². The van der Waals surface area contributed by atoms with Crippen LogP contribution in [-0.4, -0.2) is 170 Å². The number of likely N-dealkylation sites (tertiary alicyclic amines) is 1. The van der Waals surface area contributed by atoms with Gasteiger partial charge in [0.25, 0.3) is 5.91 Å². The third-order valence-electron chi connectivity index (χ3n) is 12.7. The third-order valence-corrected chi connectivity index (χ3v) is 15.5. The third kappa shape index (κ3) is 17.8. The van der Waals surface area contributed by atoms with E-state index in [0.29, 0.717) is 16.6 Å². The Kier molecular flexibility index (Phi) is 21.4. The summed E-state index contributed by atoms with van der Waals surface area (Å²) >= 11 is 2.77. The van der Waals surface area contributed by atoms with E-state index in [9.17, 15) is 42.3 Å². The molecule has 6 aromatic rings. The van der Waals surface area contributed by atoms with Crippen molar-refractivity contribution in [2.45, 2.75) is 58.8 Å². The minimum absolute atomic E-state index is 0.0342. The number of thiazole rings is 2. The summed E-state index contributed by atoms with van der Waals surface area (Å²) < 4.78 is 41.0. The number of pyridine rings is 1. The molecule has 6 N–H and O–H groups in total. The van der Waals surface area contributed by atoms with Gasteiger partial charge in [-0.2, -0.15) is 0 Å². The Morgan fingerprint density at radius 1 is 0.840 bits per heavy atom. The summed E-state index contributed by atoms with van der Waals surface area (Å²) in [5, 5.41) is 26.3. The monoisotopic (exact) mass is 1170 g/mol. The number of anilines is 2. The summed E-state index contributed by atoms with van der Waals surface area (Å²) in [4.78, 5) is 95.8. The van der Waals surface area contributed by atoms with Crippen molar-refractivity contribution in [2.24, 2.45) is 5.41 Å².